The van der Waals surface area contributed by atoms with E-state index in [1.807, 2.05) is 0 Å². The largest absolute Gasteiger partial charge is 0.455 e. The highest BCUT2D eigenvalue weighted by Crippen LogP contribution is 2.56. The number of fused-ring (bicyclic) bond motifs is 6. The number of benzene rings is 6. The Morgan fingerprint density at radius 3 is 1.35 bits per heavy atom. The van der Waals surface area contributed by atoms with Crippen LogP contribution in [0.2, 0.25) is 26.2 Å². The molecule has 0 spiro atoms. The van der Waals surface area contributed by atoms with Gasteiger partial charge in [-0.2, -0.15) is 0 Å². The van der Waals surface area contributed by atoms with Crippen LogP contribution in [-0.4, -0.2) is 16.1 Å². The molecule has 6 aromatic carbocycles. The first-order valence-electron chi connectivity index (χ1n) is 17.1. The van der Waals surface area contributed by atoms with Crippen LogP contribution in [0.25, 0.3) is 0 Å². The summed E-state index contributed by atoms with van der Waals surface area (Å²) in [6.07, 6.45) is 0. The second-order valence-electron chi connectivity index (χ2n) is 15.0. The fourth-order valence-electron chi connectivity index (χ4n) is 8.27. The minimum absolute atomic E-state index is 0.271. The lowest BCUT2D eigenvalue weighted by atomic mass is 9.75. The van der Waals surface area contributed by atoms with Crippen LogP contribution >= 0.6 is 0 Å². The van der Waals surface area contributed by atoms with Gasteiger partial charge in [-0.25, -0.2) is 0 Å². The summed E-state index contributed by atoms with van der Waals surface area (Å²) in [5.41, 5.74) is 4.94. The fraction of sp³-hybridized carbons (Fsp3) is 0.163. The second kappa shape index (κ2) is 10.5. The van der Waals surface area contributed by atoms with Gasteiger partial charge in [-0.1, -0.05) is 131 Å². The molecule has 0 saturated heterocycles. The molecule has 6 aromatic rings. The van der Waals surface area contributed by atoms with Crippen molar-refractivity contribution in [2.24, 2.45) is 0 Å². The van der Waals surface area contributed by atoms with Gasteiger partial charge in [-0.15, -0.1) is 0 Å². The van der Waals surface area contributed by atoms with Crippen molar-refractivity contribution in [3.05, 3.63) is 139 Å². The van der Waals surface area contributed by atoms with Gasteiger partial charge in [0.25, 0.3) is 0 Å². The molecule has 0 atom stereocenters. The predicted molar refractivity (Wildman–Crippen MR) is 206 cm³/mol. The third-order valence-corrected chi connectivity index (χ3v) is 18.0. The van der Waals surface area contributed by atoms with Crippen LogP contribution in [0.3, 0.4) is 0 Å². The SMILES string of the molecule is CC1(C)c2ccccc2Oc2c(N(c3cccc4c3Oc3ccccc3[Si]4(C)C)c3cccc4c3Oc3ccccc3[Si]4(C)C)cccc21. The van der Waals surface area contributed by atoms with Gasteiger partial charge >= 0.3 is 0 Å². The summed E-state index contributed by atoms with van der Waals surface area (Å²) in [6, 6.07) is 45.3. The van der Waals surface area contributed by atoms with E-state index >= 15 is 0 Å². The molecule has 9 rings (SSSR count). The van der Waals surface area contributed by atoms with Crippen molar-refractivity contribution in [1.82, 2.24) is 0 Å². The number of anilines is 3. The van der Waals surface area contributed by atoms with Gasteiger partial charge in [0.05, 0.1) is 17.1 Å². The molecular formula is C43H39NO3Si2. The van der Waals surface area contributed by atoms with Crippen molar-refractivity contribution in [2.45, 2.75) is 45.5 Å². The Kier molecular flexibility index (Phi) is 6.42. The molecule has 242 valence electrons. The van der Waals surface area contributed by atoms with Crippen molar-refractivity contribution in [1.29, 1.82) is 0 Å². The maximum absolute atomic E-state index is 6.97. The average molecular weight is 674 g/mol. The van der Waals surface area contributed by atoms with Crippen molar-refractivity contribution < 1.29 is 14.2 Å². The number of hydrogen-bond acceptors (Lipinski definition) is 4. The molecule has 3 aliphatic rings. The van der Waals surface area contributed by atoms with Gasteiger partial charge in [0, 0.05) is 16.5 Å². The lowest BCUT2D eigenvalue weighted by Crippen LogP contribution is -2.56. The van der Waals surface area contributed by atoms with Crippen molar-refractivity contribution in [3.63, 3.8) is 0 Å². The molecule has 0 N–H and O–H groups in total. The third kappa shape index (κ3) is 4.27. The fourth-order valence-corrected chi connectivity index (χ4v) is 13.9. The van der Waals surface area contributed by atoms with E-state index in [9.17, 15) is 0 Å². The molecular weight excluding hydrogens is 635 g/mol. The molecule has 0 unspecified atom stereocenters. The van der Waals surface area contributed by atoms with Crippen LogP contribution in [0.5, 0.6) is 34.5 Å². The standard InChI is InChI=1S/C43H39NO3Si2/c1-43(2)28-16-7-8-21-33(28)45-40-29(43)17-13-18-30(40)44(31-19-14-26-38-41(31)46-34-22-9-11-24-36(34)48(38,3)4)32-20-15-27-39-42(32)47-35-23-10-12-25-37(35)49(39,5)6/h7-27H,1-6H3. The monoisotopic (exact) mass is 673 g/mol. The Bertz CT molecular complexity index is 2070. The number of para-hydroxylation sites is 6. The van der Waals surface area contributed by atoms with Crippen LogP contribution in [0.4, 0.5) is 17.1 Å². The van der Waals surface area contributed by atoms with E-state index in [0.29, 0.717) is 0 Å². The second-order valence-corrected chi connectivity index (χ2v) is 23.6. The van der Waals surface area contributed by atoms with Crippen molar-refractivity contribution in [2.75, 3.05) is 4.90 Å². The summed E-state index contributed by atoms with van der Waals surface area (Å²) in [5.74, 6) is 5.41. The Labute approximate surface area is 290 Å². The van der Waals surface area contributed by atoms with Gasteiger partial charge in [-0.05, 0) is 57.1 Å². The first-order valence-corrected chi connectivity index (χ1v) is 23.1. The molecule has 3 heterocycles. The van der Waals surface area contributed by atoms with Crippen LogP contribution in [0.1, 0.15) is 25.0 Å². The normalized spacial score (nSPS) is 16.5. The van der Waals surface area contributed by atoms with E-state index in [1.54, 1.807) is 0 Å². The Hall–Kier alpha value is -5.05. The molecule has 3 aliphatic heterocycles. The van der Waals surface area contributed by atoms with Gasteiger partial charge in [0.2, 0.25) is 0 Å². The first kappa shape index (κ1) is 30.0. The maximum atomic E-state index is 6.97. The summed E-state index contributed by atoms with van der Waals surface area (Å²) in [7, 11) is -4.23. The highest BCUT2D eigenvalue weighted by molar-refractivity contribution is 7.02. The topological polar surface area (TPSA) is 30.9 Å². The zero-order valence-corrected chi connectivity index (χ0v) is 30.8. The molecule has 0 bridgehead atoms. The van der Waals surface area contributed by atoms with Crippen molar-refractivity contribution in [3.8, 4) is 34.5 Å². The summed E-state index contributed by atoms with van der Waals surface area (Å²) >= 11 is 0. The van der Waals surface area contributed by atoms with E-state index in [0.717, 1.165) is 57.1 Å². The number of rotatable bonds is 3. The minimum Gasteiger partial charge on any atom is -0.455 e. The van der Waals surface area contributed by atoms with Crippen LogP contribution in [-0.2, 0) is 5.41 Å². The van der Waals surface area contributed by atoms with Crippen molar-refractivity contribution >= 4 is 54.0 Å². The van der Waals surface area contributed by atoms with E-state index in [2.05, 4.69) is 172 Å². The molecule has 0 radical (unpaired) electrons. The first-order chi connectivity index (χ1) is 23.6. The lowest BCUT2D eigenvalue weighted by molar-refractivity contribution is 0.419. The summed E-state index contributed by atoms with van der Waals surface area (Å²) in [5, 5.41) is 5.18. The van der Waals surface area contributed by atoms with E-state index in [4.69, 9.17) is 14.2 Å². The van der Waals surface area contributed by atoms with Crippen LogP contribution < -0.4 is 39.9 Å². The Balaban J connectivity index is 1.34. The van der Waals surface area contributed by atoms with Gasteiger partial charge in [-0.3, -0.25) is 4.90 Å². The molecule has 49 heavy (non-hydrogen) atoms. The van der Waals surface area contributed by atoms with Gasteiger partial charge in [0.15, 0.2) is 17.2 Å². The average Bonchev–Trinajstić information content (AvgIpc) is 3.09. The zero-order valence-electron chi connectivity index (χ0n) is 28.8. The Morgan fingerprint density at radius 1 is 0.408 bits per heavy atom. The molecule has 4 nitrogen and oxygen atoms in total. The number of ether oxygens (including phenoxy) is 3. The molecule has 6 heteroatoms. The zero-order chi connectivity index (χ0) is 33.7. The lowest BCUT2D eigenvalue weighted by Gasteiger charge is -2.40. The number of hydrogen-bond donors (Lipinski definition) is 0. The minimum atomic E-state index is -2.12. The summed E-state index contributed by atoms with van der Waals surface area (Å²) < 4.78 is 20.9. The number of nitrogens with zero attached hydrogens (tertiary/aromatic N) is 1. The maximum Gasteiger partial charge on any atom is 0.155 e. The van der Waals surface area contributed by atoms with E-state index in [-0.39, 0.29) is 5.41 Å². The van der Waals surface area contributed by atoms with E-state index < -0.39 is 16.1 Å². The quantitative estimate of drug-likeness (QED) is 0.175. The van der Waals surface area contributed by atoms with Gasteiger partial charge < -0.3 is 14.2 Å². The summed E-state index contributed by atoms with van der Waals surface area (Å²) in [4.78, 5) is 2.34. The smallest absolute Gasteiger partial charge is 0.155 e. The molecule has 0 saturated carbocycles. The molecule has 0 amide bonds. The third-order valence-electron chi connectivity index (χ3n) is 11.0. The predicted octanol–water partition coefficient (Wildman–Crippen LogP) is 9.44. The molecule has 0 fully saturated rings. The molecule has 0 aliphatic carbocycles. The highest BCUT2D eigenvalue weighted by atomic mass is 28.3. The Morgan fingerprint density at radius 2 is 0.796 bits per heavy atom. The van der Waals surface area contributed by atoms with E-state index in [1.165, 1.54) is 26.3 Å². The molecule has 0 aromatic heterocycles. The summed E-state index contributed by atoms with van der Waals surface area (Å²) in [6.45, 7) is 14.3. The van der Waals surface area contributed by atoms with Gasteiger partial charge in [0.1, 0.15) is 33.4 Å². The highest BCUT2D eigenvalue weighted by Gasteiger charge is 2.43. The van der Waals surface area contributed by atoms with Crippen LogP contribution in [0, 0.1) is 0 Å². The van der Waals surface area contributed by atoms with Crippen LogP contribution in [0.15, 0.2) is 127 Å².